The zero-order chi connectivity index (χ0) is 16.9. The van der Waals surface area contributed by atoms with E-state index in [0.29, 0.717) is 11.8 Å². The van der Waals surface area contributed by atoms with Gasteiger partial charge in [-0.1, -0.05) is 24.6 Å². The van der Waals surface area contributed by atoms with Crippen LogP contribution < -0.4 is 4.74 Å². The summed E-state index contributed by atoms with van der Waals surface area (Å²) in [4.78, 5) is 11.5. The summed E-state index contributed by atoms with van der Waals surface area (Å²) in [6, 6.07) is 6.53. The summed E-state index contributed by atoms with van der Waals surface area (Å²) in [5.74, 6) is 1.89. The van der Waals surface area contributed by atoms with Crippen molar-refractivity contribution in [3.63, 3.8) is 0 Å². The number of carbonyl (C=O) groups is 1. The van der Waals surface area contributed by atoms with Crippen LogP contribution in [0.1, 0.15) is 56.6 Å². The van der Waals surface area contributed by atoms with E-state index >= 15 is 0 Å². The Morgan fingerprint density at radius 1 is 1.25 bits per heavy atom. The van der Waals surface area contributed by atoms with E-state index in [4.69, 9.17) is 9.47 Å². The van der Waals surface area contributed by atoms with E-state index in [-0.39, 0.29) is 17.5 Å². The second-order valence-corrected chi connectivity index (χ2v) is 7.80. The predicted octanol–water partition coefficient (Wildman–Crippen LogP) is 4.40. The van der Waals surface area contributed by atoms with E-state index < -0.39 is 0 Å². The minimum Gasteiger partial charge on any atom is -0.497 e. The molecule has 0 bridgehead atoms. The van der Waals surface area contributed by atoms with Crippen molar-refractivity contribution in [1.29, 1.82) is 0 Å². The Balaban J connectivity index is 1.65. The maximum Gasteiger partial charge on any atom is 0.302 e. The van der Waals surface area contributed by atoms with E-state index in [1.54, 1.807) is 12.7 Å². The average molecular weight is 326 g/mol. The molecule has 3 heteroatoms. The lowest BCUT2D eigenvalue weighted by atomic mass is 9.59. The van der Waals surface area contributed by atoms with Gasteiger partial charge in [0.05, 0.1) is 7.11 Å². The molecule has 0 aromatic heterocycles. The molecule has 0 spiro atoms. The maximum atomic E-state index is 11.5. The van der Waals surface area contributed by atoms with Crippen LogP contribution in [0.15, 0.2) is 29.8 Å². The molecule has 128 valence electrons. The van der Waals surface area contributed by atoms with Crippen molar-refractivity contribution in [2.45, 2.75) is 58.0 Å². The number of esters is 1. The van der Waals surface area contributed by atoms with Gasteiger partial charge < -0.3 is 9.47 Å². The van der Waals surface area contributed by atoms with Crippen molar-refractivity contribution in [2.75, 3.05) is 7.11 Å². The highest BCUT2D eigenvalue weighted by molar-refractivity contribution is 5.66. The van der Waals surface area contributed by atoms with E-state index in [1.165, 1.54) is 18.1 Å². The van der Waals surface area contributed by atoms with Crippen molar-refractivity contribution in [3.8, 4) is 5.75 Å². The molecule has 3 aliphatic carbocycles. The molecule has 0 aliphatic heterocycles. The smallest absolute Gasteiger partial charge is 0.302 e. The summed E-state index contributed by atoms with van der Waals surface area (Å²) in [5.41, 5.74) is 4.58. The molecular weight excluding hydrogens is 300 g/mol. The molecule has 0 saturated heterocycles. The third-order valence-electron chi connectivity index (χ3n) is 6.62. The first-order valence-corrected chi connectivity index (χ1v) is 9.07. The van der Waals surface area contributed by atoms with Crippen molar-refractivity contribution < 1.29 is 14.3 Å². The Morgan fingerprint density at radius 2 is 2.08 bits per heavy atom. The SMILES string of the molecule is COc1ccc2c(c1)CC=C1[C@@H]2CC[C@]2(C)[C@H](OC(C)=O)CC[C@@H]12. The van der Waals surface area contributed by atoms with Gasteiger partial charge in [0, 0.05) is 18.3 Å². The highest BCUT2D eigenvalue weighted by Crippen LogP contribution is 2.60. The van der Waals surface area contributed by atoms with Crippen molar-refractivity contribution in [3.05, 3.63) is 41.0 Å². The number of fused-ring (bicyclic) bond motifs is 5. The van der Waals surface area contributed by atoms with Crippen molar-refractivity contribution in [1.82, 2.24) is 0 Å². The fourth-order valence-electron chi connectivity index (χ4n) is 5.42. The van der Waals surface area contributed by atoms with Crippen LogP contribution in [0.5, 0.6) is 5.75 Å². The van der Waals surface area contributed by atoms with Crippen LogP contribution in [0, 0.1) is 11.3 Å². The number of rotatable bonds is 2. The van der Waals surface area contributed by atoms with Crippen LogP contribution >= 0.6 is 0 Å². The molecule has 24 heavy (non-hydrogen) atoms. The third kappa shape index (κ3) is 2.28. The summed E-state index contributed by atoms with van der Waals surface area (Å²) >= 11 is 0. The van der Waals surface area contributed by atoms with Crippen LogP contribution in [-0.4, -0.2) is 19.2 Å². The van der Waals surface area contributed by atoms with Gasteiger partial charge in [-0.25, -0.2) is 0 Å². The number of ether oxygens (including phenoxy) is 2. The fraction of sp³-hybridized carbons (Fsp3) is 0.571. The quantitative estimate of drug-likeness (QED) is 0.597. The molecule has 0 N–H and O–H groups in total. The zero-order valence-electron chi connectivity index (χ0n) is 14.8. The van der Waals surface area contributed by atoms with Gasteiger partial charge in [0.15, 0.2) is 0 Å². The molecule has 0 heterocycles. The van der Waals surface area contributed by atoms with Gasteiger partial charge in [-0.3, -0.25) is 4.79 Å². The topological polar surface area (TPSA) is 35.5 Å². The summed E-state index contributed by atoms with van der Waals surface area (Å²) in [6.07, 6.45) is 7.94. The molecule has 0 radical (unpaired) electrons. The molecule has 2 saturated carbocycles. The third-order valence-corrected chi connectivity index (χ3v) is 6.62. The minimum atomic E-state index is -0.140. The Morgan fingerprint density at radius 3 is 2.83 bits per heavy atom. The second kappa shape index (κ2) is 5.65. The first kappa shape index (κ1) is 15.7. The molecule has 2 fully saturated rings. The largest absolute Gasteiger partial charge is 0.497 e. The van der Waals surface area contributed by atoms with Crippen LogP contribution in [0.2, 0.25) is 0 Å². The first-order valence-electron chi connectivity index (χ1n) is 9.07. The van der Waals surface area contributed by atoms with E-state index in [9.17, 15) is 4.79 Å². The van der Waals surface area contributed by atoms with Crippen molar-refractivity contribution in [2.24, 2.45) is 11.3 Å². The van der Waals surface area contributed by atoms with Gasteiger partial charge in [-0.15, -0.1) is 0 Å². The first-order chi connectivity index (χ1) is 11.5. The summed E-state index contributed by atoms with van der Waals surface area (Å²) in [7, 11) is 1.73. The fourth-order valence-corrected chi connectivity index (χ4v) is 5.42. The molecule has 0 unspecified atom stereocenters. The highest BCUT2D eigenvalue weighted by atomic mass is 16.5. The lowest BCUT2D eigenvalue weighted by Crippen LogP contribution is -2.41. The Hall–Kier alpha value is -1.77. The number of carbonyl (C=O) groups excluding carboxylic acids is 1. The van der Waals surface area contributed by atoms with E-state index in [1.807, 2.05) is 0 Å². The zero-order valence-corrected chi connectivity index (χ0v) is 14.8. The Labute approximate surface area is 144 Å². The summed E-state index contributed by atoms with van der Waals surface area (Å²) in [5, 5.41) is 0. The molecule has 4 rings (SSSR count). The predicted molar refractivity (Wildman–Crippen MR) is 93.1 cm³/mol. The monoisotopic (exact) mass is 326 g/mol. The van der Waals surface area contributed by atoms with Crippen molar-refractivity contribution >= 4 is 5.97 Å². The van der Waals surface area contributed by atoms with Gasteiger partial charge in [-0.2, -0.15) is 0 Å². The lowest BCUT2D eigenvalue weighted by molar-refractivity contribution is -0.152. The van der Waals surface area contributed by atoms with Gasteiger partial charge in [0.2, 0.25) is 0 Å². The van der Waals surface area contributed by atoms with Crippen LogP contribution in [0.25, 0.3) is 0 Å². The second-order valence-electron chi connectivity index (χ2n) is 7.80. The van der Waals surface area contributed by atoms with Gasteiger partial charge in [-0.05, 0) is 61.3 Å². The number of hydrogen-bond donors (Lipinski definition) is 0. The molecule has 0 amide bonds. The molecule has 3 aliphatic rings. The highest BCUT2D eigenvalue weighted by Gasteiger charge is 2.53. The Bertz CT molecular complexity index is 705. The number of benzene rings is 1. The normalized spacial score (nSPS) is 33.8. The number of allylic oxidation sites excluding steroid dienone is 2. The summed E-state index contributed by atoms with van der Waals surface area (Å²) < 4.78 is 11.1. The van der Waals surface area contributed by atoms with Gasteiger partial charge in [0.1, 0.15) is 11.9 Å². The molecular formula is C21H26O3. The van der Waals surface area contributed by atoms with E-state index in [2.05, 4.69) is 31.2 Å². The van der Waals surface area contributed by atoms with Gasteiger partial charge >= 0.3 is 5.97 Å². The summed E-state index contributed by atoms with van der Waals surface area (Å²) in [6.45, 7) is 3.87. The van der Waals surface area contributed by atoms with Gasteiger partial charge in [0.25, 0.3) is 0 Å². The molecule has 3 nitrogen and oxygen atoms in total. The molecule has 1 aromatic carbocycles. The van der Waals surface area contributed by atoms with Crippen LogP contribution in [0.4, 0.5) is 0 Å². The standard InChI is InChI=1S/C21H26O3/c1-13(22)24-20-9-8-19-18-6-4-14-12-15(23-3)5-7-16(14)17(18)10-11-21(19,20)2/h5-7,12,17,19-20H,4,8-11H2,1-3H3/t17-,19+,20-,21+/m1/s1. The maximum absolute atomic E-state index is 11.5. The lowest BCUT2D eigenvalue weighted by Gasteiger charge is -2.46. The van der Waals surface area contributed by atoms with E-state index in [0.717, 1.165) is 37.9 Å². The number of hydrogen-bond acceptors (Lipinski definition) is 3. The number of methoxy groups -OCH3 is 1. The van der Waals surface area contributed by atoms with Crippen LogP contribution in [-0.2, 0) is 16.0 Å². The Kier molecular flexibility index (Phi) is 3.70. The minimum absolute atomic E-state index is 0.0825. The molecule has 1 aromatic rings. The van der Waals surface area contributed by atoms with Crippen LogP contribution in [0.3, 0.4) is 0 Å². The average Bonchev–Trinajstić information content (AvgIpc) is 2.90. The molecule has 4 atom stereocenters.